The van der Waals surface area contributed by atoms with Crippen LogP contribution < -0.4 is 9.47 Å². The Labute approximate surface area is 163 Å². The molecule has 0 radical (unpaired) electrons. The molecule has 1 heterocycles. The number of benzene rings is 2. The molecule has 2 N–H and O–H groups in total. The van der Waals surface area contributed by atoms with Gasteiger partial charge in [-0.25, -0.2) is 8.42 Å². The van der Waals surface area contributed by atoms with Crippen LogP contribution in [0.3, 0.4) is 0 Å². The van der Waals surface area contributed by atoms with E-state index in [4.69, 9.17) is 9.47 Å². The summed E-state index contributed by atoms with van der Waals surface area (Å²) >= 11 is 0. The number of hydrogen-bond donors (Lipinski definition) is 2. The van der Waals surface area contributed by atoms with Gasteiger partial charge in [-0.3, -0.25) is 4.57 Å². The highest BCUT2D eigenvalue weighted by atomic mass is 32.2. The molecule has 0 aliphatic rings. The van der Waals surface area contributed by atoms with Crippen LogP contribution in [0.1, 0.15) is 18.5 Å². The van der Waals surface area contributed by atoms with Crippen molar-refractivity contribution in [1.82, 2.24) is 4.57 Å². The van der Waals surface area contributed by atoms with Crippen LogP contribution in [0.4, 0.5) is 0 Å². The molecule has 0 spiro atoms. The van der Waals surface area contributed by atoms with Gasteiger partial charge in [-0.05, 0) is 36.8 Å². The van der Waals surface area contributed by atoms with Crippen molar-refractivity contribution in [2.45, 2.75) is 13.0 Å². The molecular weight excluding hydrogens is 382 g/mol. The molecule has 150 valence electrons. The van der Waals surface area contributed by atoms with Crippen LogP contribution in [-0.4, -0.2) is 48.9 Å². The topological polar surface area (TPSA) is 98.0 Å². The molecule has 3 rings (SSSR count). The first-order valence-corrected chi connectivity index (χ1v) is 10.8. The molecule has 0 aliphatic carbocycles. The van der Waals surface area contributed by atoms with E-state index >= 15 is 0 Å². The van der Waals surface area contributed by atoms with Crippen molar-refractivity contribution in [3.8, 4) is 23.3 Å². The van der Waals surface area contributed by atoms with Crippen molar-refractivity contribution < 1.29 is 28.1 Å². The highest BCUT2D eigenvalue weighted by Crippen LogP contribution is 2.42. The second-order valence-corrected chi connectivity index (χ2v) is 8.70. The number of aromatic nitrogens is 1. The summed E-state index contributed by atoms with van der Waals surface area (Å²) in [6, 6.07) is 11.0. The van der Waals surface area contributed by atoms with E-state index in [1.54, 1.807) is 42.5 Å². The molecule has 1 atom stereocenters. The third-order valence-corrected chi connectivity index (χ3v) is 5.43. The fourth-order valence-corrected chi connectivity index (χ4v) is 4.22. The SMILES string of the molecule is CCOc1cc(C(CS(C)(=O)=O)n2c(O)c3ccccc3c2O)ccc1OC. The van der Waals surface area contributed by atoms with Gasteiger partial charge in [-0.15, -0.1) is 0 Å². The maximum atomic E-state index is 12.1. The maximum absolute atomic E-state index is 12.1. The van der Waals surface area contributed by atoms with Gasteiger partial charge in [0.1, 0.15) is 9.84 Å². The van der Waals surface area contributed by atoms with E-state index < -0.39 is 15.9 Å². The molecule has 0 saturated carbocycles. The van der Waals surface area contributed by atoms with Crippen LogP contribution in [0.15, 0.2) is 42.5 Å². The van der Waals surface area contributed by atoms with Gasteiger partial charge in [-0.1, -0.05) is 18.2 Å². The van der Waals surface area contributed by atoms with Crippen molar-refractivity contribution in [1.29, 1.82) is 0 Å². The van der Waals surface area contributed by atoms with Gasteiger partial charge in [0.05, 0.1) is 25.5 Å². The lowest BCUT2D eigenvalue weighted by atomic mass is 10.1. The summed E-state index contributed by atoms with van der Waals surface area (Å²) in [5, 5.41) is 22.3. The Morgan fingerprint density at radius 2 is 1.64 bits per heavy atom. The van der Waals surface area contributed by atoms with E-state index in [2.05, 4.69) is 0 Å². The standard InChI is InChI=1S/C20H23NO6S/c1-4-27-18-11-13(9-10-17(18)26-2)16(12-28(3,24)25)21-19(22)14-7-5-6-8-15(14)20(21)23/h5-11,16,22-23H,4,12H2,1-3H3. The Hall–Kier alpha value is -2.87. The van der Waals surface area contributed by atoms with E-state index in [9.17, 15) is 18.6 Å². The zero-order valence-corrected chi connectivity index (χ0v) is 16.7. The molecule has 3 aromatic rings. The minimum Gasteiger partial charge on any atom is -0.494 e. The number of sulfone groups is 1. The second kappa shape index (κ2) is 7.63. The fraction of sp³-hybridized carbons (Fsp3) is 0.300. The lowest BCUT2D eigenvalue weighted by molar-refractivity contribution is 0.309. The van der Waals surface area contributed by atoms with Gasteiger partial charge in [0.2, 0.25) is 11.8 Å². The summed E-state index contributed by atoms with van der Waals surface area (Å²) in [6.45, 7) is 2.23. The van der Waals surface area contributed by atoms with Gasteiger partial charge in [0.15, 0.2) is 11.5 Å². The Bertz CT molecular complexity index is 1060. The number of methoxy groups -OCH3 is 1. The highest BCUT2D eigenvalue weighted by Gasteiger charge is 2.27. The van der Waals surface area contributed by atoms with Crippen LogP contribution >= 0.6 is 0 Å². The maximum Gasteiger partial charge on any atom is 0.202 e. The van der Waals surface area contributed by atoms with Gasteiger partial charge >= 0.3 is 0 Å². The molecule has 0 saturated heterocycles. The first kappa shape index (κ1) is 19.9. The Kier molecular flexibility index (Phi) is 5.42. The number of fused-ring (bicyclic) bond motifs is 1. The zero-order chi connectivity index (χ0) is 20.5. The normalized spacial score (nSPS) is 12.8. The number of nitrogens with zero attached hydrogens (tertiary/aromatic N) is 1. The average Bonchev–Trinajstić information content (AvgIpc) is 2.90. The number of hydrogen-bond acceptors (Lipinski definition) is 6. The Morgan fingerprint density at radius 1 is 1.04 bits per heavy atom. The van der Waals surface area contributed by atoms with Gasteiger partial charge < -0.3 is 19.7 Å². The smallest absolute Gasteiger partial charge is 0.202 e. The zero-order valence-electron chi connectivity index (χ0n) is 15.9. The summed E-state index contributed by atoms with van der Waals surface area (Å²) < 4.78 is 36.4. The third-order valence-electron chi connectivity index (χ3n) is 4.51. The van der Waals surface area contributed by atoms with Crippen LogP contribution in [0.2, 0.25) is 0 Å². The molecule has 0 aliphatic heterocycles. The van der Waals surface area contributed by atoms with Crippen molar-refractivity contribution in [3.05, 3.63) is 48.0 Å². The fourth-order valence-electron chi connectivity index (χ4n) is 3.30. The van der Waals surface area contributed by atoms with Crippen LogP contribution in [-0.2, 0) is 9.84 Å². The molecule has 0 amide bonds. The van der Waals surface area contributed by atoms with Crippen molar-refractivity contribution >= 4 is 20.6 Å². The summed E-state index contributed by atoms with van der Waals surface area (Å²) in [6.07, 6.45) is 1.12. The van der Waals surface area contributed by atoms with Gasteiger partial charge in [0.25, 0.3) is 0 Å². The number of rotatable bonds is 7. The number of aromatic hydroxyl groups is 2. The summed E-state index contributed by atoms with van der Waals surface area (Å²) in [7, 11) is -1.93. The molecule has 7 nitrogen and oxygen atoms in total. The number of ether oxygens (including phenoxy) is 2. The molecule has 0 bridgehead atoms. The molecule has 28 heavy (non-hydrogen) atoms. The van der Waals surface area contributed by atoms with Gasteiger partial charge in [0, 0.05) is 17.0 Å². The molecule has 8 heteroatoms. The van der Waals surface area contributed by atoms with Crippen LogP contribution in [0, 0.1) is 0 Å². The summed E-state index contributed by atoms with van der Waals surface area (Å²) in [5.41, 5.74) is 0.556. The van der Waals surface area contributed by atoms with E-state index in [0.717, 1.165) is 6.26 Å². The molecule has 2 aromatic carbocycles. The lowest BCUT2D eigenvalue weighted by Crippen LogP contribution is -2.20. The third kappa shape index (κ3) is 3.73. The first-order valence-electron chi connectivity index (χ1n) is 8.76. The summed E-state index contributed by atoms with van der Waals surface area (Å²) in [5.74, 6) is 0.255. The van der Waals surface area contributed by atoms with Gasteiger partial charge in [-0.2, -0.15) is 0 Å². The van der Waals surface area contributed by atoms with E-state index in [0.29, 0.717) is 34.4 Å². The van der Waals surface area contributed by atoms with Crippen LogP contribution in [0.5, 0.6) is 23.3 Å². The highest BCUT2D eigenvalue weighted by molar-refractivity contribution is 7.90. The van der Waals surface area contributed by atoms with E-state index in [1.165, 1.54) is 11.7 Å². The predicted molar refractivity (Wildman–Crippen MR) is 107 cm³/mol. The molecule has 1 aromatic heterocycles. The quantitative estimate of drug-likeness (QED) is 0.627. The second-order valence-electron chi connectivity index (χ2n) is 6.51. The van der Waals surface area contributed by atoms with Crippen molar-refractivity contribution in [3.63, 3.8) is 0 Å². The Morgan fingerprint density at radius 3 is 2.14 bits per heavy atom. The minimum atomic E-state index is -3.45. The molecule has 0 fully saturated rings. The average molecular weight is 405 g/mol. The lowest BCUT2D eigenvalue weighted by Gasteiger charge is -2.22. The summed E-state index contributed by atoms with van der Waals surface area (Å²) in [4.78, 5) is 0. The van der Waals surface area contributed by atoms with Crippen molar-refractivity contribution in [2.75, 3.05) is 25.7 Å². The predicted octanol–water partition coefficient (Wildman–Crippen LogP) is 3.09. The molecule has 1 unspecified atom stereocenters. The van der Waals surface area contributed by atoms with Crippen LogP contribution in [0.25, 0.3) is 10.8 Å². The first-order chi connectivity index (χ1) is 13.3. The minimum absolute atomic E-state index is 0.199. The monoisotopic (exact) mass is 405 g/mol. The van der Waals surface area contributed by atoms with E-state index in [1.807, 2.05) is 6.92 Å². The van der Waals surface area contributed by atoms with Crippen molar-refractivity contribution in [2.24, 2.45) is 0 Å². The van der Waals surface area contributed by atoms with E-state index in [-0.39, 0.29) is 17.5 Å². The largest absolute Gasteiger partial charge is 0.494 e. The molecular formula is C20H23NO6S. The Balaban J connectivity index is 2.23.